The number of ether oxygens (including phenoxy) is 2. The van der Waals surface area contributed by atoms with Gasteiger partial charge in [0.1, 0.15) is 23.1 Å². The van der Waals surface area contributed by atoms with Crippen LogP contribution in [0.4, 0.5) is 5.69 Å². The summed E-state index contributed by atoms with van der Waals surface area (Å²) < 4.78 is 16.1. The molecule has 36 heavy (non-hydrogen) atoms. The van der Waals surface area contributed by atoms with Crippen molar-refractivity contribution in [1.29, 1.82) is 0 Å². The number of fused-ring (bicyclic) bond motifs is 1. The molecule has 0 radical (unpaired) electrons. The van der Waals surface area contributed by atoms with E-state index in [2.05, 4.69) is 10.2 Å². The molecule has 0 bridgehead atoms. The molecule has 1 aliphatic rings. The highest BCUT2D eigenvalue weighted by atomic mass is 16.5. The largest absolute Gasteiger partial charge is 0.495 e. The van der Waals surface area contributed by atoms with Crippen LogP contribution in [0, 0.1) is 6.92 Å². The highest BCUT2D eigenvalue weighted by Crippen LogP contribution is 2.28. The number of piperazine rings is 1. The summed E-state index contributed by atoms with van der Waals surface area (Å²) in [6.45, 7) is 2.99. The molecule has 10 nitrogen and oxygen atoms in total. The second-order valence-electron chi connectivity index (χ2n) is 8.48. The number of benzene rings is 2. The fourth-order valence-electron chi connectivity index (χ4n) is 4.24. The van der Waals surface area contributed by atoms with Crippen molar-refractivity contribution in [2.45, 2.75) is 13.0 Å². The zero-order valence-corrected chi connectivity index (χ0v) is 20.2. The molecule has 1 aromatic heterocycles. The minimum Gasteiger partial charge on any atom is -0.495 e. The first-order valence-electron chi connectivity index (χ1n) is 11.6. The minimum atomic E-state index is -1.07. The van der Waals surface area contributed by atoms with E-state index in [1.807, 2.05) is 24.3 Å². The van der Waals surface area contributed by atoms with Gasteiger partial charge < -0.3 is 34.1 Å². The van der Waals surface area contributed by atoms with Crippen LogP contribution in [0.25, 0.3) is 11.0 Å². The minimum absolute atomic E-state index is 0.339. The third-order valence-electron chi connectivity index (χ3n) is 6.13. The Morgan fingerprint density at radius 3 is 2.58 bits per heavy atom. The highest BCUT2D eigenvalue weighted by molar-refractivity contribution is 5.88. The molecule has 1 aliphatic heterocycles. The summed E-state index contributed by atoms with van der Waals surface area (Å²) in [5.41, 5.74) is 1.62. The molecule has 190 valence electrons. The summed E-state index contributed by atoms with van der Waals surface area (Å²) in [5, 5.41) is 13.1. The number of amides is 2. The molecular weight excluding hydrogens is 466 g/mol. The van der Waals surface area contributed by atoms with Gasteiger partial charge in [0, 0.05) is 43.7 Å². The molecule has 2 aromatic carbocycles. The molecule has 2 N–H and O–H groups in total. The number of aliphatic hydroxyl groups is 1. The van der Waals surface area contributed by atoms with Crippen molar-refractivity contribution < 1.29 is 28.6 Å². The van der Waals surface area contributed by atoms with Gasteiger partial charge in [0.15, 0.2) is 6.61 Å². The molecule has 3 aromatic rings. The number of hydrogen-bond acceptors (Lipinski definition) is 8. The van der Waals surface area contributed by atoms with Crippen molar-refractivity contribution in [3.63, 3.8) is 0 Å². The van der Waals surface area contributed by atoms with E-state index in [9.17, 15) is 19.5 Å². The maximum Gasteiger partial charge on any atom is 0.336 e. The molecule has 1 atom stereocenters. The van der Waals surface area contributed by atoms with Crippen molar-refractivity contribution >= 4 is 28.5 Å². The monoisotopic (exact) mass is 495 g/mol. The van der Waals surface area contributed by atoms with Crippen LogP contribution in [0.15, 0.2) is 57.7 Å². The van der Waals surface area contributed by atoms with Crippen LogP contribution < -0.4 is 25.3 Å². The third-order valence-corrected chi connectivity index (χ3v) is 6.13. The number of nitrogens with one attached hydrogen (secondary N) is 1. The number of para-hydroxylation sites is 2. The van der Waals surface area contributed by atoms with Crippen LogP contribution in [0.3, 0.4) is 0 Å². The van der Waals surface area contributed by atoms with E-state index >= 15 is 0 Å². The van der Waals surface area contributed by atoms with Gasteiger partial charge in [-0.05, 0) is 36.8 Å². The number of aliphatic hydroxyl groups excluding tert-OH is 1. The van der Waals surface area contributed by atoms with E-state index in [1.54, 1.807) is 31.1 Å². The molecule has 0 saturated carbocycles. The first kappa shape index (κ1) is 25.1. The van der Waals surface area contributed by atoms with Gasteiger partial charge in [-0.15, -0.1) is 0 Å². The summed E-state index contributed by atoms with van der Waals surface area (Å²) in [6, 6.07) is 13.0. The van der Waals surface area contributed by atoms with Crippen molar-refractivity contribution in [1.82, 2.24) is 10.2 Å². The molecule has 2 amide bonds. The van der Waals surface area contributed by atoms with Gasteiger partial charge in [-0.25, -0.2) is 4.79 Å². The second-order valence-corrected chi connectivity index (χ2v) is 8.48. The Bertz CT molecular complexity index is 1300. The summed E-state index contributed by atoms with van der Waals surface area (Å²) in [7, 11) is 1.62. The van der Waals surface area contributed by atoms with Crippen LogP contribution >= 0.6 is 0 Å². The lowest BCUT2D eigenvalue weighted by molar-refractivity contribution is -0.138. The maximum atomic E-state index is 12.9. The van der Waals surface area contributed by atoms with Crippen LogP contribution in [-0.2, 0) is 9.59 Å². The average Bonchev–Trinajstić information content (AvgIpc) is 2.90. The van der Waals surface area contributed by atoms with Crippen LogP contribution in [0.1, 0.15) is 5.56 Å². The van der Waals surface area contributed by atoms with E-state index in [0.717, 1.165) is 22.4 Å². The zero-order chi connectivity index (χ0) is 25.7. The van der Waals surface area contributed by atoms with Crippen molar-refractivity contribution in [2.24, 2.45) is 0 Å². The molecule has 0 aliphatic carbocycles. The van der Waals surface area contributed by atoms with Gasteiger partial charge in [-0.1, -0.05) is 12.1 Å². The highest BCUT2D eigenvalue weighted by Gasteiger charge is 2.29. The summed E-state index contributed by atoms with van der Waals surface area (Å²) >= 11 is 0. The molecule has 1 saturated heterocycles. The lowest BCUT2D eigenvalue weighted by Crippen LogP contribution is -2.56. The molecule has 2 heterocycles. The lowest BCUT2D eigenvalue weighted by atomic mass is 10.1. The Labute approximate surface area is 208 Å². The fourth-order valence-corrected chi connectivity index (χ4v) is 4.24. The van der Waals surface area contributed by atoms with Gasteiger partial charge in [-0.2, -0.15) is 0 Å². The number of nitrogens with zero attached hydrogens (tertiary/aromatic N) is 2. The first-order chi connectivity index (χ1) is 17.4. The summed E-state index contributed by atoms with van der Waals surface area (Å²) in [4.78, 5) is 40.8. The van der Waals surface area contributed by atoms with E-state index in [0.29, 0.717) is 37.5 Å². The van der Waals surface area contributed by atoms with E-state index in [4.69, 9.17) is 13.9 Å². The number of methoxy groups -OCH3 is 1. The van der Waals surface area contributed by atoms with Crippen LogP contribution in [0.5, 0.6) is 11.5 Å². The van der Waals surface area contributed by atoms with Crippen molar-refractivity contribution in [3.8, 4) is 11.5 Å². The standard InChI is InChI=1S/C26H29N3O7/c1-17-13-25(32)36-23-14-18(7-8-19(17)23)35-16-24(31)27-20(15-30)26(33)29-11-9-28(10-12-29)21-5-3-4-6-22(21)34-2/h3-8,13-14,20,30H,9-12,15-16H2,1-2H3,(H,27,31). The molecule has 0 spiro atoms. The Balaban J connectivity index is 1.31. The molecular formula is C26H29N3O7. The number of anilines is 1. The first-order valence-corrected chi connectivity index (χ1v) is 11.6. The normalized spacial score (nSPS) is 14.4. The smallest absolute Gasteiger partial charge is 0.336 e. The Morgan fingerprint density at radius 2 is 1.86 bits per heavy atom. The summed E-state index contributed by atoms with van der Waals surface area (Å²) in [5.74, 6) is 0.196. The predicted molar refractivity (Wildman–Crippen MR) is 134 cm³/mol. The van der Waals surface area contributed by atoms with Gasteiger partial charge in [0.2, 0.25) is 5.91 Å². The number of rotatable bonds is 8. The van der Waals surface area contributed by atoms with E-state index in [-0.39, 0.29) is 12.5 Å². The zero-order valence-electron chi connectivity index (χ0n) is 20.2. The number of hydrogen-bond donors (Lipinski definition) is 2. The van der Waals surface area contributed by atoms with E-state index < -0.39 is 24.2 Å². The number of aryl methyl sites for hydroxylation is 1. The molecule has 10 heteroatoms. The van der Waals surface area contributed by atoms with Crippen molar-refractivity contribution in [3.05, 3.63) is 64.5 Å². The number of carbonyl (C=O) groups is 2. The third kappa shape index (κ3) is 5.60. The van der Waals surface area contributed by atoms with Crippen molar-refractivity contribution in [2.75, 3.05) is 51.4 Å². The Morgan fingerprint density at radius 1 is 1.11 bits per heavy atom. The maximum absolute atomic E-state index is 12.9. The van der Waals surface area contributed by atoms with Crippen LogP contribution in [0.2, 0.25) is 0 Å². The fraction of sp³-hybridized carbons (Fsp3) is 0.346. The summed E-state index contributed by atoms with van der Waals surface area (Å²) in [6.07, 6.45) is 0. The van der Waals surface area contributed by atoms with Gasteiger partial charge in [0.25, 0.3) is 5.91 Å². The SMILES string of the molecule is COc1ccccc1N1CCN(C(=O)C(CO)NC(=O)COc2ccc3c(C)cc(=O)oc3c2)CC1. The Hall–Kier alpha value is -4.05. The van der Waals surface area contributed by atoms with Crippen LogP contribution in [-0.4, -0.2) is 74.4 Å². The topological polar surface area (TPSA) is 122 Å². The van der Waals surface area contributed by atoms with E-state index in [1.165, 1.54) is 12.1 Å². The quantitative estimate of drug-likeness (QED) is 0.449. The molecule has 1 unspecified atom stereocenters. The van der Waals surface area contributed by atoms with Gasteiger partial charge in [0.05, 0.1) is 19.4 Å². The average molecular weight is 496 g/mol. The second kappa shape index (κ2) is 11.1. The lowest BCUT2D eigenvalue weighted by Gasteiger charge is -2.37. The number of carbonyl (C=O) groups excluding carboxylic acids is 2. The Kier molecular flexibility index (Phi) is 7.74. The van der Waals surface area contributed by atoms with Gasteiger partial charge >= 0.3 is 5.63 Å². The van der Waals surface area contributed by atoms with Gasteiger partial charge in [-0.3, -0.25) is 9.59 Å². The molecule has 4 rings (SSSR count). The predicted octanol–water partition coefficient (Wildman–Crippen LogP) is 1.31. The molecule has 1 fully saturated rings.